The largest absolute Gasteiger partial charge is 0.493 e. The lowest BCUT2D eigenvalue weighted by atomic mass is 10.2. The van der Waals surface area contributed by atoms with Crippen molar-refractivity contribution >= 4 is 0 Å². The van der Waals surface area contributed by atoms with Gasteiger partial charge in [0.25, 0.3) is 0 Å². The molecule has 0 unspecified atom stereocenters. The average Bonchev–Trinajstić information content (AvgIpc) is 2.70. The van der Waals surface area contributed by atoms with Crippen LogP contribution in [0.15, 0.2) is 30.6 Å². The molecule has 84 valence electrons. The van der Waals surface area contributed by atoms with Gasteiger partial charge in [-0.15, -0.1) is 0 Å². The monoisotopic (exact) mass is 224 g/mol. The fourth-order valence-corrected chi connectivity index (χ4v) is 1.36. The van der Waals surface area contributed by atoms with E-state index in [1.807, 2.05) is 0 Å². The van der Waals surface area contributed by atoms with E-state index in [1.54, 1.807) is 6.20 Å². The Labute approximate surface area is 91.3 Å². The Morgan fingerprint density at radius 1 is 1.38 bits per heavy atom. The van der Waals surface area contributed by atoms with Crippen molar-refractivity contribution in [1.82, 2.24) is 9.78 Å². The van der Waals surface area contributed by atoms with Crippen molar-refractivity contribution in [2.75, 3.05) is 7.11 Å². The molecule has 0 saturated carbocycles. The van der Waals surface area contributed by atoms with E-state index in [-0.39, 0.29) is 6.54 Å². The molecular weight excluding hydrogens is 214 g/mol. The SMILES string of the molecule is COc1cnn(Cc2ccc(F)cc2F)c1. The van der Waals surface area contributed by atoms with Gasteiger partial charge in [0.05, 0.1) is 26.0 Å². The predicted octanol–water partition coefficient (Wildman–Crippen LogP) is 2.22. The Hall–Kier alpha value is -1.91. The molecule has 0 spiro atoms. The van der Waals surface area contributed by atoms with Gasteiger partial charge in [-0.25, -0.2) is 8.78 Å². The molecule has 3 nitrogen and oxygen atoms in total. The van der Waals surface area contributed by atoms with Crippen molar-refractivity contribution in [2.45, 2.75) is 6.54 Å². The molecule has 0 fully saturated rings. The topological polar surface area (TPSA) is 27.1 Å². The van der Waals surface area contributed by atoms with Crippen molar-refractivity contribution in [3.8, 4) is 5.75 Å². The molecule has 5 heteroatoms. The van der Waals surface area contributed by atoms with Gasteiger partial charge in [0.2, 0.25) is 0 Å². The molecule has 0 atom stereocenters. The molecule has 0 N–H and O–H groups in total. The van der Waals surface area contributed by atoms with Crippen molar-refractivity contribution in [1.29, 1.82) is 0 Å². The molecule has 0 aliphatic rings. The van der Waals surface area contributed by atoms with Gasteiger partial charge in [-0.05, 0) is 6.07 Å². The molecule has 0 aliphatic heterocycles. The minimum Gasteiger partial charge on any atom is -0.493 e. The van der Waals surface area contributed by atoms with E-state index in [4.69, 9.17) is 4.74 Å². The zero-order chi connectivity index (χ0) is 11.5. The highest BCUT2D eigenvalue weighted by atomic mass is 19.1. The summed E-state index contributed by atoms with van der Waals surface area (Å²) in [6.45, 7) is 0.246. The van der Waals surface area contributed by atoms with Crippen LogP contribution in [0.2, 0.25) is 0 Å². The first kappa shape index (κ1) is 10.6. The highest BCUT2D eigenvalue weighted by Crippen LogP contribution is 2.13. The van der Waals surface area contributed by atoms with Crippen LogP contribution >= 0.6 is 0 Å². The predicted molar refractivity (Wildman–Crippen MR) is 54.2 cm³/mol. The van der Waals surface area contributed by atoms with Crippen LogP contribution < -0.4 is 4.74 Å². The van der Waals surface area contributed by atoms with Crippen LogP contribution in [0.3, 0.4) is 0 Å². The summed E-state index contributed by atoms with van der Waals surface area (Å²) in [6, 6.07) is 3.48. The number of methoxy groups -OCH3 is 1. The molecule has 1 aromatic carbocycles. The fraction of sp³-hybridized carbons (Fsp3) is 0.182. The highest BCUT2D eigenvalue weighted by Gasteiger charge is 2.05. The maximum atomic E-state index is 13.3. The first-order valence-electron chi connectivity index (χ1n) is 4.69. The molecule has 1 heterocycles. The van der Waals surface area contributed by atoms with Crippen LogP contribution in [0.4, 0.5) is 8.78 Å². The lowest BCUT2D eigenvalue weighted by molar-refractivity contribution is 0.414. The Balaban J connectivity index is 2.20. The van der Waals surface area contributed by atoms with Gasteiger partial charge in [0, 0.05) is 11.6 Å². The summed E-state index contributed by atoms with van der Waals surface area (Å²) < 4.78 is 32.4. The quantitative estimate of drug-likeness (QED) is 0.799. The van der Waals surface area contributed by atoms with Gasteiger partial charge in [0.15, 0.2) is 5.75 Å². The highest BCUT2D eigenvalue weighted by molar-refractivity contribution is 5.20. The number of aromatic nitrogens is 2. The number of halogens is 2. The summed E-state index contributed by atoms with van der Waals surface area (Å²) in [5.74, 6) is -0.559. The molecule has 2 aromatic rings. The second kappa shape index (κ2) is 4.30. The molecule has 16 heavy (non-hydrogen) atoms. The Kier molecular flexibility index (Phi) is 2.85. The third kappa shape index (κ3) is 2.18. The molecule has 0 amide bonds. The van der Waals surface area contributed by atoms with Crippen LogP contribution in [0.25, 0.3) is 0 Å². The first-order chi connectivity index (χ1) is 7.69. The van der Waals surface area contributed by atoms with E-state index in [9.17, 15) is 8.78 Å². The zero-order valence-corrected chi connectivity index (χ0v) is 8.65. The second-order valence-corrected chi connectivity index (χ2v) is 3.31. The lowest BCUT2D eigenvalue weighted by Crippen LogP contribution is -2.02. The molecule has 1 aromatic heterocycles. The van der Waals surface area contributed by atoms with Gasteiger partial charge >= 0.3 is 0 Å². The Bertz CT molecular complexity index is 496. The van der Waals surface area contributed by atoms with Gasteiger partial charge in [-0.3, -0.25) is 4.68 Å². The second-order valence-electron chi connectivity index (χ2n) is 3.31. The van der Waals surface area contributed by atoms with E-state index in [0.717, 1.165) is 6.07 Å². The van der Waals surface area contributed by atoms with E-state index in [0.29, 0.717) is 11.3 Å². The standard InChI is InChI=1S/C11H10F2N2O/c1-16-10-5-14-15(7-10)6-8-2-3-9(12)4-11(8)13/h2-5,7H,6H2,1H3. The van der Waals surface area contributed by atoms with Gasteiger partial charge in [0.1, 0.15) is 11.6 Å². The van der Waals surface area contributed by atoms with Crippen LogP contribution in [0.5, 0.6) is 5.75 Å². The van der Waals surface area contributed by atoms with Crippen molar-refractivity contribution in [3.05, 3.63) is 47.8 Å². The third-order valence-corrected chi connectivity index (χ3v) is 2.19. The number of nitrogens with zero attached hydrogens (tertiary/aromatic N) is 2. The minimum atomic E-state index is -0.584. The van der Waals surface area contributed by atoms with Crippen molar-refractivity contribution in [3.63, 3.8) is 0 Å². The van der Waals surface area contributed by atoms with Crippen molar-refractivity contribution < 1.29 is 13.5 Å². The zero-order valence-electron chi connectivity index (χ0n) is 8.65. The van der Waals surface area contributed by atoms with E-state index in [2.05, 4.69) is 5.10 Å². The summed E-state index contributed by atoms with van der Waals surface area (Å²) in [4.78, 5) is 0. The number of rotatable bonds is 3. The number of ether oxygens (including phenoxy) is 1. The number of hydrogen-bond donors (Lipinski definition) is 0. The van der Waals surface area contributed by atoms with E-state index < -0.39 is 11.6 Å². The fourth-order valence-electron chi connectivity index (χ4n) is 1.36. The normalized spacial score (nSPS) is 10.4. The summed E-state index contributed by atoms with van der Waals surface area (Å²) >= 11 is 0. The maximum absolute atomic E-state index is 13.3. The molecule has 0 bridgehead atoms. The smallest absolute Gasteiger partial charge is 0.156 e. The van der Waals surface area contributed by atoms with Crippen LogP contribution in [-0.4, -0.2) is 16.9 Å². The molecule has 2 rings (SSSR count). The molecular formula is C11H10F2N2O. The average molecular weight is 224 g/mol. The van der Waals surface area contributed by atoms with Crippen LogP contribution in [-0.2, 0) is 6.54 Å². The number of benzene rings is 1. The van der Waals surface area contributed by atoms with Gasteiger partial charge in [-0.2, -0.15) is 5.10 Å². The molecule has 0 aliphatic carbocycles. The molecule has 0 saturated heterocycles. The number of hydrogen-bond acceptors (Lipinski definition) is 2. The lowest BCUT2D eigenvalue weighted by Gasteiger charge is -2.03. The summed E-state index contributed by atoms with van der Waals surface area (Å²) in [5, 5.41) is 3.98. The Morgan fingerprint density at radius 2 is 2.19 bits per heavy atom. The van der Waals surface area contributed by atoms with Crippen molar-refractivity contribution in [2.24, 2.45) is 0 Å². The van der Waals surface area contributed by atoms with Gasteiger partial charge < -0.3 is 4.74 Å². The van der Waals surface area contributed by atoms with E-state index in [1.165, 1.54) is 30.1 Å². The van der Waals surface area contributed by atoms with E-state index >= 15 is 0 Å². The summed E-state index contributed by atoms with van der Waals surface area (Å²) in [7, 11) is 1.53. The first-order valence-corrected chi connectivity index (χ1v) is 4.69. The maximum Gasteiger partial charge on any atom is 0.156 e. The third-order valence-electron chi connectivity index (χ3n) is 2.19. The molecule has 0 radical (unpaired) electrons. The minimum absolute atomic E-state index is 0.246. The summed E-state index contributed by atoms with van der Waals surface area (Å²) in [6.07, 6.45) is 3.17. The summed E-state index contributed by atoms with van der Waals surface area (Å²) in [5.41, 5.74) is 0.382. The van der Waals surface area contributed by atoms with Crippen LogP contribution in [0.1, 0.15) is 5.56 Å². The van der Waals surface area contributed by atoms with Crippen LogP contribution in [0, 0.1) is 11.6 Å². The van der Waals surface area contributed by atoms with Gasteiger partial charge in [-0.1, -0.05) is 6.07 Å². The Morgan fingerprint density at radius 3 is 2.81 bits per heavy atom.